The highest BCUT2D eigenvalue weighted by Crippen LogP contribution is 2.30. The van der Waals surface area contributed by atoms with Crippen molar-refractivity contribution in [1.82, 2.24) is 5.43 Å². The van der Waals surface area contributed by atoms with Crippen LogP contribution in [0.15, 0.2) is 45.3 Å². The lowest BCUT2D eigenvalue weighted by Gasteiger charge is -2.19. The van der Waals surface area contributed by atoms with Gasteiger partial charge in [0.15, 0.2) is 11.6 Å². The Morgan fingerprint density at radius 2 is 2.05 bits per heavy atom. The van der Waals surface area contributed by atoms with Gasteiger partial charge in [0.1, 0.15) is 0 Å². The Bertz CT molecular complexity index is 637. The second-order valence-electron chi connectivity index (χ2n) is 4.52. The normalized spacial score (nSPS) is 12.2. The SMILES string of the molecule is COc1cccc(CC(NN)c2ccc(Br)cc2Br)c1F. The lowest BCUT2D eigenvalue weighted by molar-refractivity contribution is 0.382. The first-order chi connectivity index (χ1) is 10.1. The van der Waals surface area contributed by atoms with Gasteiger partial charge < -0.3 is 4.74 Å². The van der Waals surface area contributed by atoms with E-state index in [9.17, 15) is 4.39 Å². The van der Waals surface area contributed by atoms with Crippen molar-refractivity contribution < 1.29 is 9.13 Å². The Labute approximate surface area is 139 Å². The zero-order valence-electron chi connectivity index (χ0n) is 11.4. The number of nitrogens with one attached hydrogen (secondary N) is 1. The highest BCUT2D eigenvalue weighted by atomic mass is 79.9. The largest absolute Gasteiger partial charge is 0.494 e. The lowest BCUT2D eigenvalue weighted by Crippen LogP contribution is -2.30. The first kappa shape index (κ1) is 16.4. The van der Waals surface area contributed by atoms with Gasteiger partial charge >= 0.3 is 0 Å². The summed E-state index contributed by atoms with van der Waals surface area (Å²) in [4.78, 5) is 0. The summed E-state index contributed by atoms with van der Waals surface area (Å²) >= 11 is 6.91. The molecule has 0 aliphatic heterocycles. The van der Waals surface area contributed by atoms with Crippen LogP contribution in [0, 0.1) is 5.82 Å². The van der Waals surface area contributed by atoms with Crippen LogP contribution in [-0.2, 0) is 6.42 Å². The molecule has 2 aromatic rings. The molecule has 0 aliphatic carbocycles. The van der Waals surface area contributed by atoms with Crippen molar-refractivity contribution in [2.45, 2.75) is 12.5 Å². The van der Waals surface area contributed by atoms with E-state index in [0.717, 1.165) is 14.5 Å². The molecule has 2 rings (SSSR count). The van der Waals surface area contributed by atoms with E-state index in [1.165, 1.54) is 7.11 Å². The number of hydrazine groups is 1. The van der Waals surface area contributed by atoms with E-state index >= 15 is 0 Å². The topological polar surface area (TPSA) is 47.3 Å². The minimum atomic E-state index is -0.353. The second-order valence-corrected chi connectivity index (χ2v) is 6.29. The van der Waals surface area contributed by atoms with Crippen LogP contribution >= 0.6 is 31.9 Å². The molecule has 0 aliphatic rings. The molecule has 0 saturated carbocycles. The van der Waals surface area contributed by atoms with Crippen molar-refractivity contribution in [2.24, 2.45) is 5.84 Å². The van der Waals surface area contributed by atoms with Gasteiger partial charge in [0, 0.05) is 8.95 Å². The van der Waals surface area contributed by atoms with Crippen molar-refractivity contribution in [3.05, 3.63) is 62.3 Å². The molecular formula is C15H15Br2FN2O. The molecule has 0 radical (unpaired) electrons. The van der Waals surface area contributed by atoms with Gasteiger partial charge in [0.2, 0.25) is 0 Å². The van der Waals surface area contributed by atoms with Crippen LogP contribution in [0.25, 0.3) is 0 Å². The van der Waals surface area contributed by atoms with Gasteiger partial charge in [0.05, 0.1) is 13.2 Å². The average Bonchev–Trinajstić information content (AvgIpc) is 2.47. The molecule has 0 aromatic heterocycles. The fourth-order valence-electron chi connectivity index (χ4n) is 2.13. The molecule has 0 fully saturated rings. The van der Waals surface area contributed by atoms with E-state index in [0.29, 0.717) is 12.0 Å². The van der Waals surface area contributed by atoms with Crippen LogP contribution in [0.5, 0.6) is 5.75 Å². The Balaban J connectivity index is 2.31. The van der Waals surface area contributed by atoms with E-state index in [4.69, 9.17) is 10.6 Å². The summed E-state index contributed by atoms with van der Waals surface area (Å²) < 4.78 is 21.1. The molecule has 0 spiro atoms. The second kappa shape index (κ2) is 7.35. The Morgan fingerprint density at radius 1 is 1.29 bits per heavy atom. The summed E-state index contributed by atoms with van der Waals surface area (Å²) in [5.74, 6) is 5.53. The molecule has 0 heterocycles. The smallest absolute Gasteiger partial charge is 0.168 e. The van der Waals surface area contributed by atoms with Crippen molar-refractivity contribution in [2.75, 3.05) is 7.11 Å². The zero-order valence-corrected chi connectivity index (χ0v) is 14.5. The summed E-state index contributed by atoms with van der Waals surface area (Å²) in [5, 5.41) is 0. The molecule has 6 heteroatoms. The molecule has 2 aromatic carbocycles. The maximum absolute atomic E-state index is 14.2. The number of halogens is 3. The van der Waals surface area contributed by atoms with E-state index in [1.807, 2.05) is 18.2 Å². The number of nitrogens with two attached hydrogens (primary N) is 1. The van der Waals surface area contributed by atoms with Crippen LogP contribution < -0.4 is 16.0 Å². The van der Waals surface area contributed by atoms with Gasteiger partial charge in [0.25, 0.3) is 0 Å². The van der Waals surface area contributed by atoms with Crippen molar-refractivity contribution >= 4 is 31.9 Å². The fourth-order valence-corrected chi connectivity index (χ4v) is 3.46. The maximum Gasteiger partial charge on any atom is 0.168 e. The quantitative estimate of drug-likeness (QED) is 0.568. The summed E-state index contributed by atoms with van der Waals surface area (Å²) in [5.41, 5.74) is 4.25. The monoisotopic (exact) mass is 416 g/mol. The fraction of sp³-hybridized carbons (Fsp3) is 0.200. The summed E-state index contributed by atoms with van der Waals surface area (Å²) in [6, 6.07) is 10.7. The molecule has 0 amide bonds. The first-order valence-corrected chi connectivity index (χ1v) is 7.88. The number of benzene rings is 2. The molecule has 0 saturated heterocycles. The maximum atomic E-state index is 14.2. The zero-order chi connectivity index (χ0) is 15.4. The Kier molecular flexibility index (Phi) is 5.75. The third kappa shape index (κ3) is 3.83. The summed E-state index contributed by atoms with van der Waals surface area (Å²) in [7, 11) is 1.45. The molecule has 0 bridgehead atoms. The van der Waals surface area contributed by atoms with Gasteiger partial charge in [-0.1, -0.05) is 50.1 Å². The Hall–Kier alpha value is -0.950. The van der Waals surface area contributed by atoms with Crippen LogP contribution in [0.1, 0.15) is 17.2 Å². The predicted molar refractivity (Wildman–Crippen MR) is 88.6 cm³/mol. The number of ether oxygens (including phenoxy) is 1. The molecular weight excluding hydrogens is 403 g/mol. The minimum Gasteiger partial charge on any atom is -0.494 e. The number of hydrogen-bond donors (Lipinski definition) is 2. The number of rotatable bonds is 5. The van der Waals surface area contributed by atoms with E-state index in [2.05, 4.69) is 37.3 Å². The Morgan fingerprint density at radius 3 is 2.67 bits per heavy atom. The molecule has 1 unspecified atom stereocenters. The molecule has 1 atom stereocenters. The van der Waals surface area contributed by atoms with Crippen LogP contribution in [0.4, 0.5) is 4.39 Å². The van der Waals surface area contributed by atoms with Crippen LogP contribution in [0.2, 0.25) is 0 Å². The number of methoxy groups -OCH3 is 1. The van der Waals surface area contributed by atoms with Crippen molar-refractivity contribution in [3.8, 4) is 5.75 Å². The van der Waals surface area contributed by atoms with Crippen LogP contribution in [-0.4, -0.2) is 7.11 Å². The van der Waals surface area contributed by atoms with Gasteiger partial charge in [-0.2, -0.15) is 0 Å². The van der Waals surface area contributed by atoms with E-state index in [-0.39, 0.29) is 17.6 Å². The van der Waals surface area contributed by atoms with Gasteiger partial charge in [-0.05, 0) is 35.7 Å². The molecule has 3 N–H and O–H groups in total. The third-order valence-corrected chi connectivity index (χ3v) is 4.41. The standard InChI is InChI=1S/C15H15Br2FN2O/c1-21-14-4-2-3-9(15(14)18)7-13(20-19)11-6-5-10(16)8-12(11)17/h2-6,8,13,20H,7,19H2,1H3. The predicted octanol–water partition coefficient (Wildman–Crippen LogP) is 4.11. The highest BCUT2D eigenvalue weighted by Gasteiger charge is 2.17. The van der Waals surface area contributed by atoms with E-state index in [1.54, 1.807) is 18.2 Å². The van der Waals surface area contributed by atoms with Gasteiger partial charge in [-0.15, -0.1) is 0 Å². The summed E-state index contributed by atoms with van der Waals surface area (Å²) in [6.07, 6.45) is 0.416. The summed E-state index contributed by atoms with van der Waals surface area (Å²) in [6.45, 7) is 0. The lowest BCUT2D eigenvalue weighted by atomic mass is 9.99. The molecule has 112 valence electrons. The highest BCUT2D eigenvalue weighted by molar-refractivity contribution is 9.11. The minimum absolute atomic E-state index is 0.214. The molecule has 21 heavy (non-hydrogen) atoms. The molecule has 3 nitrogen and oxygen atoms in total. The van der Waals surface area contributed by atoms with E-state index < -0.39 is 0 Å². The van der Waals surface area contributed by atoms with Crippen LogP contribution in [0.3, 0.4) is 0 Å². The number of hydrogen-bond acceptors (Lipinski definition) is 3. The van der Waals surface area contributed by atoms with Crippen molar-refractivity contribution in [1.29, 1.82) is 0 Å². The van der Waals surface area contributed by atoms with Gasteiger partial charge in [-0.3, -0.25) is 11.3 Å². The van der Waals surface area contributed by atoms with Crippen molar-refractivity contribution in [3.63, 3.8) is 0 Å². The average molecular weight is 418 g/mol. The first-order valence-electron chi connectivity index (χ1n) is 6.29. The van der Waals surface area contributed by atoms with Gasteiger partial charge in [-0.25, -0.2) is 4.39 Å². The third-order valence-electron chi connectivity index (χ3n) is 3.23.